The second-order valence-corrected chi connectivity index (χ2v) is 8.34. The lowest BCUT2D eigenvalue weighted by molar-refractivity contribution is 0.0941. The van der Waals surface area contributed by atoms with Crippen LogP contribution in [-0.4, -0.2) is 36.0 Å². The number of para-hydroxylation sites is 1. The molecule has 1 amide bonds. The molecule has 0 bridgehead atoms. The van der Waals surface area contributed by atoms with Gasteiger partial charge in [0.15, 0.2) is 11.5 Å². The first-order valence-corrected chi connectivity index (χ1v) is 11.2. The third-order valence-electron chi connectivity index (χ3n) is 6.07. The summed E-state index contributed by atoms with van der Waals surface area (Å²) in [5, 5.41) is 20.8. The van der Waals surface area contributed by atoms with Crippen LogP contribution in [0.1, 0.15) is 41.5 Å². The van der Waals surface area contributed by atoms with Crippen LogP contribution >= 0.6 is 0 Å². The first-order valence-electron chi connectivity index (χ1n) is 11.2. The van der Waals surface area contributed by atoms with Crippen molar-refractivity contribution in [3.8, 4) is 5.69 Å². The van der Waals surface area contributed by atoms with Crippen molar-refractivity contribution >= 4 is 33.9 Å². The van der Waals surface area contributed by atoms with E-state index in [1.807, 2.05) is 42.5 Å². The summed E-state index contributed by atoms with van der Waals surface area (Å²) in [6.45, 7) is 3.42. The first kappa shape index (κ1) is 22.8. The fourth-order valence-corrected chi connectivity index (χ4v) is 4.36. The minimum Gasteiger partial charge on any atom is -0.411 e. The summed E-state index contributed by atoms with van der Waals surface area (Å²) in [4.78, 5) is 31.4. The van der Waals surface area contributed by atoms with Gasteiger partial charge in [-0.05, 0) is 43.5 Å². The van der Waals surface area contributed by atoms with Gasteiger partial charge in [0.1, 0.15) is 5.56 Å². The molecular weight excluding hydrogens is 458 g/mol. The summed E-state index contributed by atoms with van der Waals surface area (Å²) in [7, 11) is 0. The number of carbonyl (C=O) groups is 1. The van der Waals surface area contributed by atoms with E-state index in [1.165, 1.54) is 4.52 Å². The number of hydrogen-bond donors (Lipinski definition) is 3. The average molecular weight is 482 g/mol. The zero-order valence-electron chi connectivity index (χ0n) is 19.6. The molecule has 0 aliphatic carbocycles. The first-order chi connectivity index (χ1) is 17.4. The van der Waals surface area contributed by atoms with E-state index in [0.717, 1.165) is 0 Å². The van der Waals surface area contributed by atoms with Crippen molar-refractivity contribution in [3.05, 3.63) is 100 Å². The van der Waals surface area contributed by atoms with Crippen molar-refractivity contribution in [1.82, 2.24) is 24.5 Å². The number of oxime groups is 1. The Morgan fingerprint density at radius 1 is 1.14 bits per heavy atom. The molecule has 0 aliphatic heterocycles. The summed E-state index contributed by atoms with van der Waals surface area (Å²) in [6.07, 6.45) is 3.22. The van der Waals surface area contributed by atoms with Gasteiger partial charge < -0.3 is 16.3 Å². The molecule has 1 atom stereocenters. The molecule has 36 heavy (non-hydrogen) atoms. The van der Waals surface area contributed by atoms with E-state index in [2.05, 4.69) is 20.6 Å². The normalized spacial score (nSPS) is 12.7. The maximum Gasteiger partial charge on any atom is 0.263 e. The number of nitrogens with zero attached hydrogens (tertiary/aromatic N) is 5. The van der Waals surface area contributed by atoms with Crippen molar-refractivity contribution in [2.45, 2.75) is 19.9 Å². The van der Waals surface area contributed by atoms with Gasteiger partial charge in [-0.15, -0.1) is 5.10 Å². The molecule has 5 rings (SSSR count). The number of nitrogen functional groups attached to an aromatic ring is 1. The lowest BCUT2D eigenvalue weighted by Crippen LogP contribution is -2.32. The highest BCUT2D eigenvalue weighted by Crippen LogP contribution is 2.25. The van der Waals surface area contributed by atoms with Gasteiger partial charge in [0.2, 0.25) is 0 Å². The Labute approximate surface area is 205 Å². The molecule has 5 aromatic rings. The Balaban J connectivity index is 1.67. The summed E-state index contributed by atoms with van der Waals surface area (Å²) >= 11 is 0. The van der Waals surface area contributed by atoms with E-state index in [-0.39, 0.29) is 16.9 Å². The summed E-state index contributed by atoms with van der Waals surface area (Å²) in [5.74, 6) is -0.404. The molecule has 10 heteroatoms. The predicted molar refractivity (Wildman–Crippen MR) is 137 cm³/mol. The summed E-state index contributed by atoms with van der Waals surface area (Å²) < 4.78 is 3.00. The molecule has 3 heterocycles. The SMILES string of the molecule is C/C(=N/O)c1cccc2cc([C@H](C)NC(=O)c3c(N)nn4cccnc34)n(-c3ccccc3)c(=O)c12. The standard InChI is InChI=1S/C26H23N7O3/c1-15(31-36)19-11-6-8-17-14-20(33(26(35)21(17)19)18-9-4-3-5-10-18)16(2)29-25(34)22-23(27)30-32-13-7-12-28-24(22)32/h3-14,16,36H,1-2H3,(H2,27,30)(H,29,34)/b31-15-/t16-/m0/s1. The number of fused-ring (bicyclic) bond motifs is 2. The minimum atomic E-state index is -0.593. The van der Waals surface area contributed by atoms with E-state index in [9.17, 15) is 14.8 Å². The van der Waals surface area contributed by atoms with Gasteiger partial charge >= 0.3 is 0 Å². The number of benzene rings is 2. The van der Waals surface area contributed by atoms with E-state index in [0.29, 0.717) is 39.1 Å². The van der Waals surface area contributed by atoms with Crippen LogP contribution in [0.4, 0.5) is 5.82 Å². The Kier molecular flexibility index (Phi) is 5.69. The molecule has 10 nitrogen and oxygen atoms in total. The van der Waals surface area contributed by atoms with Crippen molar-refractivity contribution in [3.63, 3.8) is 0 Å². The van der Waals surface area contributed by atoms with Gasteiger partial charge in [-0.1, -0.05) is 41.6 Å². The number of nitrogens with one attached hydrogen (secondary N) is 1. The van der Waals surface area contributed by atoms with Gasteiger partial charge in [-0.25, -0.2) is 9.50 Å². The zero-order valence-corrected chi connectivity index (χ0v) is 19.6. The molecule has 0 unspecified atom stereocenters. The molecular formula is C26H23N7O3. The highest BCUT2D eigenvalue weighted by atomic mass is 16.4. The summed E-state index contributed by atoms with van der Waals surface area (Å²) in [6, 6.07) is 17.4. The van der Waals surface area contributed by atoms with Gasteiger partial charge in [0.25, 0.3) is 11.5 Å². The van der Waals surface area contributed by atoms with Gasteiger partial charge in [-0.2, -0.15) is 0 Å². The fourth-order valence-electron chi connectivity index (χ4n) is 4.36. The number of amides is 1. The number of rotatable bonds is 5. The molecule has 4 N–H and O–H groups in total. The Morgan fingerprint density at radius 2 is 1.92 bits per heavy atom. The maximum atomic E-state index is 13.9. The Bertz CT molecular complexity index is 1700. The van der Waals surface area contributed by atoms with Crippen LogP contribution in [-0.2, 0) is 0 Å². The van der Waals surface area contributed by atoms with E-state index in [4.69, 9.17) is 5.73 Å². The van der Waals surface area contributed by atoms with Gasteiger partial charge in [0.05, 0.1) is 17.1 Å². The average Bonchev–Trinajstić information content (AvgIpc) is 3.23. The molecule has 0 radical (unpaired) electrons. The monoisotopic (exact) mass is 481 g/mol. The maximum absolute atomic E-state index is 13.9. The molecule has 0 spiro atoms. The smallest absolute Gasteiger partial charge is 0.263 e. The highest BCUT2D eigenvalue weighted by Gasteiger charge is 2.24. The Morgan fingerprint density at radius 3 is 2.67 bits per heavy atom. The van der Waals surface area contributed by atoms with Crippen molar-refractivity contribution in [2.75, 3.05) is 5.73 Å². The van der Waals surface area contributed by atoms with E-state index < -0.39 is 11.9 Å². The number of hydrogen-bond acceptors (Lipinski definition) is 7. The van der Waals surface area contributed by atoms with Crippen LogP contribution in [0, 0.1) is 0 Å². The molecule has 2 aromatic carbocycles. The van der Waals surface area contributed by atoms with Crippen LogP contribution in [0.25, 0.3) is 22.1 Å². The number of pyridine rings is 1. The second kappa shape index (κ2) is 8.99. The third kappa shape index (κ3) is 3.74. The summed E-state index contributed by atoms with van der Waals surface area (Å²) in [5.41, 5.74) is 8.26. The Hall–Kier alpha value is -4.99. The van der Waals surface area contributed by atoms with Crippen molar-refractivity contribution in [2.24, 2.45) is 5.16 Å². The quantitative estimate of drug-likeness (QED) is 0.200. The minimum absolute atomic E-state index is 0.0563. The molecule has 180 valence electrons. The number of anilines is 1. The number of aromatic nitrogens is 4. The van der Waals surface area contributed by atoms with Crippen LogP contribution in [0.5, 0.6) is 0 Å². The zero-order chi connectivity index (χ0) is 25.4. The predicted octanol–water partition coefficient (Wildman–Crippen LogP) is 3.30. The number of nitrogens with two attached hydrogens (primary N) is 1. The van der Waals surface area contributed by atoms with Crippen molar-refractivity contribution in [1.29, 1.82) is 0 Å². The van der Waals surface area contributed by atoms with Crippen LogP contribution < -0.4 is 16.6 Å². The fraction of sp³-hybridized carbons (Fsp3) is 0.115. The van der Waals surface area contributed by atoms with Gasteiger partial charge in [0, 0.05) is 29.3 Å². The molecule has 0 saturated heterocycles. The van der Waals surface area contributed by atoms with Crippen LogP contribution in [0.2, 0.25) is 0 Å². The molecule has 0 fully saturated rings. The lowest BCUT2D eigenvalue weighted by atomic mass is 10.0. The lowest BCUT2D eigenvalue weighted by Gasteiger charge is -2.21. The topological polar surface area (TPSA) is 140 Å². The van der Waals surface area contributed by atoms with Crippen LogP contribution in [0.15, 0.2) is 83.0 Å². The molecule has 0 saturated carbocycles. The molecule has 0 aliphatic rings. The number of carbonyl (C=O) groups excluding carboxylic acids is 1. The van der Waals surface area contributed by atoms with E-state index >= 15 is 0 Å². The third-order valence-corrected chi connectivity index (χ3v) is 6.07. The van der Waals surface area contributed by atoms with Gasteiger partial charge in [-0.3, -0.25) is 14.2 Å². The highest BCUT2D eigenvalue weighted by molar-refractivity contribution is 6.09. The van der Waals surface area contributed by atoms with Crippen molar-refractivity contribution < 1.29 is 10.0 Å². The van der Waals surface area contributed by atoms with Crippen LogP contribution in [0.3, 0.4) is 0 Å². The second-order valence-electron chi connectivity index (χ2n) is 8.34. The molecule has 3 aromatic heterocycles. The largest absolute Gasteiger partial charge is 0.411 e. The van der Waals surface area contributed by atoms with E-state index in [1.54, 1.807) is 49.0 Å².